The average molecular weight is 289 g/mol. The van der Waals surface area contributed by atoms with Crippen molar-refractivity contribution in [2.45, 2.75) is 38.7 Å². The zero-order valence-electron chi connectivity index (χ0n) is 8.95. The van der Waals surface area contributed by atoms with Gasteiger partial charge in [-0.25, -0.2) is 0 Å². The van der Waals surface area contributed by atoms with E-state index < -0.39 is 0 Å². The van der Waals surface area contributed by atoms with E-state index in [1.165, 1.54) is 24.8 Å². The van der Waals surface area contributed by atoms with Gasteiger partial charge in [-0.15, -0.1) is 0 Å². The summed E-state index contributed by atoms with van der Waals surface area (Å²) in [7, 11) is 0. The van der Waals surface area contributed by atoms with Gasteiger partial charge < -0.3 is 4.18 Å². The first kappa shape index (κ1) is 13.1. The molecule has 0 saturated carbocycles. The molecule has 0 amide bonds. The van der Waals surface area contributed by atoms with Crippen molar-refractivity contribution in [3.05, 3.63) is 34.3 Å². The lowest BCUT2D eigenvalue weighted by atomic mass is 10.0. The molecule has 1 nitrogen and oxygen atoms in total. The van der Waals surface area contributed by atoms with Gasteiger partial charge in [-0.1, -0.05) is 54.2 Å². The van der Waals surface area contributed by atoms with Gasteiger partial charge in [0, 0.05) is 4.47 Å². The molecular formula is C12H17BrOS. The highest BCUT2D eigenvalue weighted by atomic mass is 79.9. The molecule has 0 spiro atoms. The summed E-state index contributed by atoms with van der Waals surface area (Å²) in [5.41, 5.74) is 1.20. The van der Waals surface area contributed by atoms with Gasteiger partial charge in [-0.3, -0.25) is 0 Å². The van der Waals surface area contributed by atoms with E-state index in [-0.39, 0.29) is 6.10 Å². The fraction of sp³-hybridized carbons (Fsp3) is 0.500. The molecule has 0 aliphatic heterocycles. The van der Waals surface area contributed by atoms with Crippen molar-refractivity contribution in [2.24, 2.45) is 0 Å². The van der Waals surface area contributed by atoms with Gasteiger partial charge in [0.2, 0.25) is 0 Å². The molecule has 84 valence electrons. The van der Waals surface area contributed by atoms with Gasteiger partial charge >= 0.3 is 0 Å². The molecule has 0 heterocycles. The zero-order chi connectivity index (χ0) is 11.1. The van der Waals surface area contributed by atoms with Crippen LogP contribution in [-0.4, -0.2) is 0 Å². The number of rotatable bonds is 6. The van der Waals surface area contributed by atoms with Crippen molar-refractivity contribution >= 4 is 28.8 Å². The average Bonchev–Trinajstić information content (AvgIpc) is 2.26. The molecule has 0 N–H and O–H groups in total. The molecule has 0 fully saturated rings. The molecule has 0 bridgehead atoms. The summed E-state index contributed by atoms with van der Waals surface area (Å²) in [5.74, 6) is 0. The van der Waals surface area contributed by atoms with E-state index in [9.17, 15) is 0 Å². The second kappa shape index (κ2) is 7.31. The van der Waals surface area contributed by atoms with E-state index in [0.29, 0.717) is 0 Å². The van der Waals surface area contributed by atoms with Crippen LogP contribution >= 0.6 is 28.8 Å². The Labute approximate surface area is 106 Å². The van der Waals surface area contributed by atoms with Crippen LogP contribution < -0.4 is 0 Å². The predicted molar refractivity (Wildman–Crippen MR) is 71.1 cm³/mol. The molecule has 0 aromatic heterocycles. The summed E-state index contributed by atoms with van der Waals surface area (Å²) < 4.78 is 6.30. The van der Waals surface area contributed by atoms with Crippen molar-refractivity contribution in [3.63, 3.8) is 0 Å². The Hall–Kier alpha value is 0.01000. The number of unbranched alkanes of at least 4 members (excludes halogenated alkanes) is 2. The van der Waals surface area contributed by atoms with Crippen molar-refractivity contribution in [2.75, 3.05) is 0 Å². The van der Waals surface area contributed by atoms with Gasteiger partial charge in [0.25, 0.3) is 0 Å². The minimum atomic E-state index is 0.119. The predicted octanol–water partition coefficient (Wildman–Crippen LogP) is 4.93. The number of halogens is 1. The fourth-order valence-electron chi connectivity index (χ4n) is 1.54. The van der Waals surface area contributed by atoms with Crippen LogP contribution in [0.3, 0.4) is 0 Å². The molecule has 0 aliphatic carbocycles. The maximum Gasteiger partial charge on any atom is 0.0968 e. The van der Waals surface area contributed by atoms with E-state index in [1.54, 1.807) is 0 Å². The Morgan fingerprint density at radius 1 is 1.27 bits per heavy atom. The third-order valence-corrected chi connectivity index (χ3v) is 3.22. The SMILES string of the molecule is CCCCCC(OS)c1ccc(Br)cc1. The minimum Gasteiger partial charge on any atom is -0.311 e. The van der Waals surface area contributed by atoms with Gasteiger partial charge in [-0.05, 0) is 37.0 Å². The summed E-state index contributed by atoms with van der Waals surface area (Å²) in [5, 5.41) is 0. The van der Waals surface area contributed by atoms with Crippen molar-refractivity contribution < 1.29 is 4.18 Å². The van der Waals surface area contributed by atoms with E-state index in [0.717, 1.165) is 10.9 Å². The number of hydrogen-bond donors (Lipinski definition) is 1. The molecule has 15 heavy (non-hydrogen) atoms. The molecule has 0 radical (unpaired) electrons. The van der Waals surface area contributed by atoms with Crippen molar-refractivity contribution in [1.29, 1.82) is 0 Å². The third-order valence-electron chi connectivity index (χ3n) is 2.44. The molecule has 3 heteroatoms. The Bertz CT molecular complexity index is 273. The van der Waals surface area contributed by atoms with Crippen LogP contribution in [0.2, 0.25) is 0 Å². The van der Waals surface area contributed by atoms with Crippen LogP contribution in [0, 0.1) is 0 Å². The molecule has 1 unspecified atom stereocenters. The summed E-state index contributed by atoms with van der Waals surface area (Å²) in [6, 6.07) is 8.23. The first-order valence-corrected chi connectivity index (χ1v) is 6.49. The molecular weight excluding hydrogens is 272 g/mol. The van der Waals surface area contributed by atoms with Crippen LogP contribution in [0.25, 0.3) is 0 Å². The third kappa shape index (κ3) is 4.58. The Morgan fingerprint density at radius 3 is 2.47 bits per heavy atom. The van der Waals surface area contributed by atoms with E-state index in [2.05, 4.69) is 47.9 Å². The summed E-state index contributed by atoms with van der Waals surface area (Å²) in [6.07, 6.45) is 4.84. The highest BCUT2D eigenvalue weighted by Gasteiger charge is 2.10. The van der Waals surface area contributed by atoms with Crippen LogP contribution in [0.1, 0.15) is 44.3 Å². The van der Waals surface area contributed by atoms with E-state index in [1.807, 2.05) is 12.1 Å². The largest absolute Gasteiger partial charge is 0.311 e. The van der Waals surface area contributed by atoms with E-state index in [4.69, 9.17) is 4.18 Å². The van der Waals surface area contributed by atoms with Gasteiger partial charge in [-0.2, -0.15) is 0 Å². The summed E-state index contributed by atoms with van der Waals surface area (Å²) >= 11 is 7.36. The van der Waals surface area contributed by atoms with Gasteiger partial charge in [0.15, 0.2) is 0 Å². The summed E-state index contributed by atoms with van der Waals surface area (Å²) in [6.45, 7) is 2.20. The lowest BCUT2D eigenvalue weighted by Crippen LogP contribution is -1.98. The van der Waals surface area contributed by atoms with Crippen LogP contribution in [0.15, 0.2) is 28.7 Å². The molecule has 1 aromatic rings. The molecule has 0 aliphatic rings. The molecule has 0 saturated heterocycles. The topological polar surface area (TPSA) is 9.23 Å². The molecule has 1 atom stereocenters. The first-order valence-electron chi connectivity index (χ1n) is 5.33. The highest BCUT2D eigenvalue weighted by Crippen LogP contribution is 2.26. The zero-order valence-corrected chi connectivity index (χ0v) is 11.4. The van der Waals surface area contributed by atoms with Crippen molar-refractivity contribution in [1.82, 2.24) is 0 Å². The fourth-order valence-corrected chi connectivity index (χ4v) is 2.03. The van der Waals surface area contributed by atoms with Crippen LogP contribution in [0.4, 0.5) is 0 Å². The molecule has 1 rings (SSSR count). The van der Waals surface area contributed by atoms with Crippen LogP contribution in [0.5, 0.6) is 0 Å². The molecule has 1 aromatic carbocycles. The lowest BCUT2D eigenvalue weighted by molar-refractivity contribution is 0.234. The monoisotopic (exact) mass is 288 g/mol. The number of benzene rings is 1. The maximum atomic E-state index is 5.20. The van der Waals surface area contributed by atoms with Crippen molar-refractivity contribution in [3.8, 4) is 0 Å². The minimum absolute atomic E-state index is 0.119. The number of hydrogen-bond acceptors (Lipinski definition) is 2. The quantitative estimate of drug-likeness (QED) is 0.444. The highest BCUT2D eigenvalue weighted by molar-refractivity contribution is 9.10. The maximum absolute atomic E-state index is 5.20. The standard InChI is InChI=1S/C12H17BrOS/c1-2-3-4-5-12(14-15)10-6-8-11(13)9-7-10/h6-9,12,15H,2-5H2,1H3. The van der Waals surface area contributed by atoms with Gasteiger partial charge in [0.1, 0.15) is 0 Å². The van der Waals surface area contributed by atoms with E-state index >= 15 is 0 Å². The van der Waals surface area contributed by atoms with Crippen LogP contribution in [-0.2, 0) is 4.18 Å². The summed E-state index contributed by atoms with van der Waals surface area (Å²) in [4.78, 5) is 0. The Kier molecular flexibility index (Phi) is 6.37. The Morgan fingerprint density at radius 2 is 1.93 bits per heavy atom. The Balaban J connectivity index is 2.53. The second-order valence-corrected chi connectivity index (χ2v) is 4.77. The van der Waals surface area contributed by atoms with Gasteiger partial charge in [0.05, 0.1) is 6.10 Å². The lowest BCUT2D eigenvalue weighted by Gasteiger charge is -2.14. The first-order chi connectivity index (χ1) is 7.27. The number of thiol groups is 1. The normalized spacial score (nSPS) is 12.7. The second-order valence-electron chi connectivity index (χ2n) is 3.64. The smallest absolute Gasteiger partial charge is 0.0968 e.